The summed E-state index contributed by atoms with van der Waals surface area (Å²) in [5, 5.41) is 3.30. The van der Waals surface area contributed by atoms with Gasteiger partial charge in [0.1, 0.15) is 11.8 Å². The summed E-state index contributed by atoms with van der Waals surface area (Å²) in [6.45, 7) is 6.74. The Bertz CT molecular complexity index is 944. The zero-order valence-electron chi connectivity index (χ0n) is 17.8. The number of imide groups is 1. The van der Waals surface area contributed by atoms with Crippen LogP contribution in [0.25, 0.3) is 0 Å². The fraction of sp³-hybridized carbons (Fsp3) is 0.348. The molecule has 7 nitrogen and oxygen atoms in total. The van der Waals surface area contributed by atoms with E-state index in [4.69, 9.17) is 16.3 Å². The number of amides is 4. The fourth-order valence-corrected chi connectivity index (χ4v) is 3.58. The predicted octanol–water partition coefficient (Wildman–Crippen LogP) is 4.56. The molecule has 1 fully saturated rings. The molecule has 1 aliphatic rings. The number of nitrogens with zero attached hydrogens (tertiary/aromatic N) is 2. The summed E-state index contributed by atoms with van der Waals surface area (Å²) in [5.74, 6) is 0.0780. The van der Waals surface area contributed by atoms with Crippen molar-refractivity contribution >= 4 is 40.8 Å². The van der Waals surface area contributed by atoms with Gasteiger partial charge in [0.25, 0.3) is 5.91 Å². The number of benzene rings is 2. The first-order chi connectivity index (χ1) is 14.8. The molecule has 0 saturated carbocycles. The van der Waals surface area contributed by atoms with Crippen molar-refractivity contribution < 1.29 is 19.1 Å². The molecule has 2 aromatic rings. The number of urea groups is 1. The van der Waals surface area contributed by atoms with E-state index in [1.165, 1.54) is 4.90 Å². The molecule has 0 bridgehead atoms. The summed E-state index contributed by atoms with van der Waals surface area (Å²) < 4.78 is 5.40. The molecule has 1 N–H and O–H groups in total. The number of hydrogen-bond acceptors (Lipinski definition) is 4. The smallest absolute Gasteiger partial charge is 0.332 e. The lowest BCUT2D eigenvalue weighted by atomic mass is 10.1. The summed E-state index contributed by atoms with van der Waals surface area (Å²) in [5.41, 5.74) is 1.03. The summed E-state index contributed by atoms with van der Waals surface area (Å²) in [7, 11) is 0. The summed E-state index contributed by atoms with van der Waals surface area (Å²) >= 11 is 5.93. The number of carbonyl (C=O) groups excluding carboxylic acids is 3. The maximum atomic E-state index is 13.1. The Labute approximate surface area is 186 Å². The molecule has 2 aromatic carbocycles. The minimum Gasteiger partial charge on any atom is -0.494 e. The molecule has 0 aromatic heterocycles. The highest BCUT2D eigenvalue weighted by Gasteiger charge is 2.46. The molecule has 3 rings (SSSR count). The third-order valence-electron chi connectivity index (χ3n) is 4.79. The van der Waals surface area contributed by atoms with Gasteiger partial charge in [-0.15, -0.1) is 0 Å². The topological polar surface area (TPSA) is 79.0 Å². The Balaban J connectivity index is 1.76. The molecule has 1 heterocycles. The minimum absolute atomic E-state index is 0.130. The normalized spacial score (nSPS) is 16.2. The predicted molar refractivity (Wildman–Crippen MR) is 121 cm³/mol. The van der Waals surface area contributed by atoms with Crippen molar-refractivity contribution in [2.45, 2.75) is 33.2 Å². The van der Waals surface area contributed by atoms with Gasteiger partial charge in [0.2, 0.25) is 5.91 Å². The van der Waals surface area contributed by atoms with Gasteiger partial charge in [-0.1, -0.05) is 25.4 Å². The van der Waals surface area contributed by atoms with Gasteiger partial charge in [-0.3, -0.25) is 9.59 Å². The lowest BCUT2D eigenvalue weighted by Gasteiger charge is -2.23. The van der Waals surface area contributed by atoms with Crippen molar-refractivity contribution in [2.24, 2.45) is 5.92 Å². The molecule has 1 aliphatic heterocycles. The largest absolute Gasteiger partial charge is 0.494 e. The molecule has 0 spiro atoms. The highest BCUT2D eigenvalue weighted by atomic mass is 35.5. The highest BCUT2D eigenvalue weighted by Crippen LogP contribution is 2.29. The Morgan fingerprint density at radius 2 is 1.74 bits per heavy atom. The molecule has 1 unspecified atom stereocenters. The Hall–Kier alpha value is -3.06. The molecule has 1 atom stereocenters. The van der Waals surface area contributed by atoms with Gasteiger partial charge in [0.15, 0.2) is 0 Å². The third-order valence-corrected chi connectivity index (χ3v) is 5.05. The van der Waals surface area contributed by atoms with Gasteiger partial charge in [-0.2, -0.15) is 0 Å². The second-order valence-electron chi connectivity index (χ2n) is 7.70. The monoisotopic (exact) mass is 443 g/mol. The first-order valence-corrected chi connectivity index (χ1v) is 10.6. The van der Waals surface area contributed by atoms with E-state index in [2.05, 4.69) is 5.32 Å². The van der Waals surface area contributed by atoms with Gasteiger partial charge in [-0.05, 0) is 61.4 Å². The van der Waals surface area contributed by atoms with E-state index in [1.54, 1.807) is 48.5 Å². The van der Waals surface area contributed by atoms with E-state index < -0.39 is 18.0 Å². The molecular formula is C23H26ClN3O4. The van der Waals surface area contributed by atoms with Gasteiger partial charge in [0, 0.05) is 17.3 Å². The maximum absolute atomic E-state index is 13.1. The van der Waals surface area contributed by atoms with Crippen molar-refractivity contribution in [1.82, 2.24) is 4.90 Å². The molecule has 8 heteroatoms. The molecule has 0 radical (unpaired) electrons. The van der Waals surface area contributed by atoms with Gasteiger partial charge in [-0.25, -0.2) is 9.69 Å². The molecule has 164 valence electrons. The summed E-state index contributed by atoms with van der Waals surface area (Å²) in [4.78, 5) is 41.4. The standard InChI is InChI=1S/C23H26ClN3O4/c1-4-31-19-11-7-17(8-12-19)25-21(28)13-20-22(29)27(18-9-5-16(24)6-10-18)23(30)26(20)14-15(2)3/h5-12,15,20H,4,13-14H2,1-3H3,(H,25,28). The van der Waals surface area contributed by atoms with Crippen molar-refractivity contribution in [3.63, 3.8) is 0 Å². The SMILES string of the molecule is CCOc1ccc(NC(=O)CC2C(=O)N(c3ccc(Cl)cc3)C(=O)N2CC(C)C)cc1. The van der Waals surface area contributed by atoms with Crippen LogP contribution in [0.2, 0.25) is 5.02 Å². The van der Waals surface area contributed by atoms with E-state index in [0.29, 0.717) is 35.3 Å². The van der Waals surface area contributed by atoms with Crippen LogP contribution in [0.4, 0.5) is 16.2 Å². The molecular weight excluding hydrogens is 418 g/mol. The van der Waals surface area contributed by atoms with E-state index in [1.807, 2.05) is 20.8 Å². The van der Waals surface area contributed by atoms with Crippen LogP contribution in [0, 0.1) is 5.92 Å². The number of nitrogens with one attached hydrogen (secondary N) is 1. The second-order valence-corrected chi connectivity index (χ2v) is 8.14. The van der Waals surface area contributed by atoms with Crippen LogP contribution in [-0.4, -0.2) is 41.9 Å². The average Bonchev–Trinajstić information content (AvgIpc) is 2.94. The molecule has 31 heavy (non-hydrogen) atoms. The van der Waals surface area contributed by atoms with Crippen molar-refractivity contribution in [3.8, 4) is 5.75 Å². The average molecular weight is 444 g/mol. The van der Waals surface area contributed by atoms with Gasteiger partial charge < -0.3 is 15.0 Å². The summed E-state index contributed by atoms with van der Waals surface area (Å²) in [6, 6.07) is 12.2. The van der Waals surface area contributed by atoms with E-state index in [9.17, 15) is 14.4 Å². The lowest BCUT2D eigenvalue weighted by Crippen LogP contribution is -2.40. The van der Waals surface area contributed by atoms with E-state index in [0.717, 1.165) is 4.90 Å². The number of hydrogen-bond donors (Lipinski definition) is 1. The van der Waals surface area contributed by atoms with Crippen molar-refractivity contribution in [2.75, 3.05) is 23.4 Å². The van der Waals surface area contributed by atoms with E-state index in [-0.39, 0.29) is 18.2 Å². The molecule has 4 amide bonds. The Morgan fingerprint density at radius 3 is 2.32 bits per heavy atom. The second kappa shape index (κ2) is 9.83. The van der Waals surface area contributed by atoms with Crippen LogP contribution in [0.1, 0.15) is 27.2 Å². The Kier molecular flexibility index (Phi) is 7.17. The van der Waals surface area contributed by atoms with Crippen LogP contribution in [0.3, 0.4) is 0 Å². The van der Waals surface area contributed by atoms with E-state index >= 15 is 0 Å². The fourth-order valence-electron chi connectivity index (χ4n) is 3.45. The van der Waals surface area contributed by atoms with Crippen molar-refractivity contribution in [3.05, 3.63) is 53.6 Å². The zero-order chi connectivity index (χ0) is 22.5. The number of carbonyl (C=O) groups is 3. The minimum atomic E-state index is -0.867. The zero-order valence-corrected chi connectivity index (χ0v) is 18.6. The number of rotatable bonds is 8. The Morgan fingerprint density at radius 1 is 1.10 bits per heavy atom. The van der Waals surface area contributed by atoms with Crippen LogP contribution < -0.4 is 15.0 Å². The first kappa shape index (κ1) is 22.6. The van der Waals surface area contributed by atoms with Crippen LogP contribution in [0.5, 0.6) is 5.75 Å². The quantitative estimate of drug-likeness (QED) is 0.606. The highest BCUT2D eigenvalue weighted by molar-refractivity contribution is 6.30. The van der Waals surface area contributed by atoms with Crippen LogP contribution in [0.15, 0.2) is 48.5 Å². The number of ether oxygens (including phenoxy) is 1. The summed E-state index contributed by atoms with van der Waals surface area (Å²) in [6.07, 6.45) is -0.130. The first-order valence-electron chi connectivity index (χ1n) is 10.2. The van der Waals surface area contributed by atoms with Crippen LogP contribution >= 0.6 is 11.6 Å². The lowest BCUT2D eigenvalue weighted by molar-refractivity contribution is -0.124. The van der Waals surface area contributed by atoms with Crippen molar-refractivity contribution in [1.29, 1.82) is 0 Å². The van der Waals surface area contributed by atoms with Gasteiger partial charge in [0.05, 0.1) is 18.7 Å². The number of halogens is 1. The van der Waals surface area contributed by atoms with Gasteiger partial charge >= 0.3 is 6.03 Å². The molecule has 0 aliphatic carbocycles. The van der Waals surface area contributed by atoms with Crippen LogP contribution in [-0.2, 0) is 9.59 Å². The number of anilines is 2. The molecule has 1 saturated heterocycles. The maximum Gasteiger partial charge on any atom is 0.332 e. The third kappa shape index (κ3) is 5.35.